The summed E-state index contributed by atoms with van der Waals surface area (Å²) in [5.41, 5.74) is 2.33. The topological polar surface area (TPSA) is 96.2 Å². The van der Waals surface area contributed by atoms with Gasteiger partial charge < -0.3 is 20.3 Å². The lowest BCUT2D eigenvalue weighted by atomic mass is 10.0. The van der Waals surface area contributed by atoms with Crippen LogP contribution in [0.15, 0.2) is 67.0 Å². The second-order valence-corrected chi connectivity index (χ2v) is 9.18. The Hall–Kier alpha value is -3.65. The molecule has 0 saturated heterocycles. The predicted octanol–water partition coefficient (Wildman–Crippen LogP) is 3.91. The largest absolute Gasteiger partial charge is 0.508 e. The first-order valence-electron chi connectivity index (χ1n) is 10.8. The molecule has 0 aliphatic heterocycles. The number of aromatic nitrogens is 2. The zero-order chi connectivity index (χ0) is 23.4. The van der Waals surface area contributed by atoms with Gasteiger partial charge in [-0.05, 0) is 60.4 Å². The number of benzene rings is 2. The SMILES string of the molecule is CC(C)[C@H](NC(=O)c1ccc2nc(-n3cccc3)sc2c1)C(=O)NCCc1ccc(O)cc1. The Morgan fingerprint density at radius 3 is 2.52 bits per heavy atom. The number of rotatable bonds is 8. The minimum atomic E-state index is -0.648. The van der Waals surface area contributed by atoms with E-state index in [0.29, 0.717) is 18.5 Å². The van der Waals surface area contributed by atoms with Crippen molar-refractivity contribution >= 4 is 33.4 Å². The number of nitrogens with zero attached hydrogens (tertiary/aromatic N) is 2. The molecule has 2 heterocycles. The summed E-state index contributed by atoms with van der Waals surface area (Å²) >= 11 is 1.50. The molecule has 0 aliphatic rings. The van der Waals surface area contributed by atoms with E-state index < -0.39 is 6.04 Å². The van der Waals surface area contributed by atoms with Crippen LogP contribution >= 0.6 is 11.3 Å². The van der Waals surface area contributed by atoms with Crippen molar-refractivity contribution in [3.05, 3.63) is 78.1 Å². The Bertz CT molecular complexity index is 1250. The zero-order valence-corrected chi connectivity index (χ0v) is 19.3. The van der Waals surface area contributed by atoms with Gasteiger partial charge in [-0.2, -0.15) is 0 Å². The quantitative estimate of drug-likeness (QED) is 0.370. The maximum atomic E-state index is 12.9. The van der Waals surface area contributed by atoms with Crippen molar-refractivity contribution in [2.75, 3.05) is 6.54 Å². The molecule has 3 N–H and O–H groups in total. The van der Waals surface area contributed by atoms with Crippen molar-refractivity contribution in [1.82, 2.24) is 20.2 Å². The van der Waals surface area contributed by atoms with E-state index in [4.69, 9.17) is 0 Å². The van der Waals surface area contributed by atoms with E-state index in [1.165, 1.54) is 11.3 Å². The summed E-state index contributed by atoms with van der Waals surface area (Å²) in [4.78, 5) is 30.3. The van der Waals surface area contributed by atoms with Crippen molar-refractivity contribution in [2.24, 2.45) is 5.92 Å². The van der Waals surface area contributed by atoms with Gasteiger partial charge in [0.2, 0.25) is 5.91 Å². The molecule has 33 heavy (non-hydrogen) atoms. The third-order valence-corrected chi connectivity index (χ3v) is 6.38. The van der Waals surface area contributed by atoms with Crippen molar-refractivity contribution in [1.29, 1.82) is 0 Å². The number of fused-ring (bicyclic) bond motifs is 1. The van der Waals surface area contributed by atoms with Crippen LogP contribution in [0.1, 0.15) is 29.8 Å². The number of carbonyl (C=O) groups is 2. The van der Waals surface area contributed by atoms with Gasteiger partial charge in [-0.1, -0.05) is 37.3 Å². The smallest absolute Gasteiger partial charge is 0.251 e. The predicted molar refractivity (Wildman–Crippen MR) is 130 cm³/mol. The van der Waals surface area contributed by atoms with E-state index in [2.05, 4.69) is 15.6 Å². The molecule has 2 amide bonds. The average molecular weight is 463 g/mol. The molecule has 1 atom stereocenters. The van der Waals surface area contributed by atoms with Crippen LogP contribution in [0.4, 0.5) is 0 Å². The number of amides is 2. The van der Waals surface area contributed by atoms with E-state index in [9.17, 15) is 14.7 Å². The Kier molecular flexibility index (Phi) is 6.74. The molecular formula is C25H26N4O3S. The number of phenolic OH excluding ortho intramolecular Hbond substituents is 1. The molecule has 2 aromatic carbocycles. The van der Waals surface area contributed by atoms with E-state index in [-0.39, 0.29) is 23.5 Å². The van der Waals surface area contributed by atoms with Crippen LogP contribution in [0, 0.1) is 5.92 Å². The molecule has 0 unspecified atom stereocenters. The molecule has 0 aliphatic carbocycles. The van der Waals surface area contributed by atoms with Gasteiger partial charge in [-0.25, -0.2) is 4.98 Å². The fraction of sp³-hybridized carbons (Fsp3) is 0.240. The van der Waals surface area contributed by atoms with Gasteiger partial charge in [0.1, 0.15) is 11.8 Å². The number of nitrogens with one attached hydrogen (secondary N) is 2. The van der Waals surface area contributed by atoms with Crippen molar-refractivity contribution in [3.8, 4) is 10.9 Å². The first-order valence-corrected chi connectivity index (χ1v) is 11.6. The summed E-state index contributed by atoms with van der Waals surface area (Å²) in [7, 11) is 0. The summed E-state index contributed by atoms with van der Waals surface area (Å²) in [6.07, 6.45) is 4.49. The number of aromatic hydroxyl groups is 1. The number of carbonyl (C=O) groups excluding carboxylic acids is 2. The lowest BCUT2D eigenvalue weighted by Crippen LogP contribution is -2.50. The standard InChI is InChI=1S/C25H26N4O3S/c1-16(2)22(24(32)26-12-11-17-5-8-19(30)9-6-17)28-23(31)18-7-10-20-21(15-18)33-25(27-20)29-13-3-4-14-29/h3-10,13-16,22,30H,11-12H2,1-2H3,(H,26,32)(H,28,31)/t22-/m0/s1. The molecule has 0 radical (unpaired) electrons. The van der Waals surface area contributed by atoms with E-state index in [1.54, 1.807) is 18.2 Å². The summed E-state index contributed by atoms with van der Waals surface area (Å²) in [5, 5.41) is 16.0. The second kappa shape index (κ2) is 9.87. The van der Waals surface area contributed by atoms with Crippen LogP contribution in [-0.4, -0.2) is 39.1 Å². The van der Waals surface area contributed by atoms with Gasteiger partial charge in [0.15, 0.2) is 5.13 Å². The third-order valence-electron chi connectivity index (χ3n) is 5.35. The van der Waals surface area contributed by atoms with Gasteiger partial charge in [0, 0.05) is 24.5 Å². The van der Waals surface area contributed by atoms with Gasteiger partial charge in [0.25, 0.3) is 5.91 Å². The maximum absolute atomic E-state index is 12.9. The van der Waals surface area contributed by atoms with Crippen molar-refractivity contribution in [2.45, 2.75) is 26.3 Å². The monoisotopic (exact) mass is 462 g/mol. The summed E-state index contributed by atoms with van der Waals surface area (Å²) < 4.78 is 2.84. The highest BCUT2D eigenvalue weighted by molar-refractivity contribution is 7.20. The minimum absolute atomic E-state index is 0.0740. The highest BCUT2D eigenvalue weighted by Gasteiger charge is 2.24. The first-order chi connectivity index (χ1) is 15.9. The lowest BCUT2D eigenvalue weighted by molar-refractivity contribution is -0.123. The van der Waals surface area contributed by atoms with Gasteiger partial charge in [0.05, 0.1) is 10.2 Å². The van der Waals surface area contributed by atoms with Gasteiger partial charge in [-0.15, -0.1) is 0 Å². The molecule has 7 nitrogen and oxygen atoms in total. The van der Waals surface area contributed by atoms with Gasteiger partial charge >= 0.3 is 0 Å². The van der Waals surface area contributed by atoms with Crippen LogP contribution in [0.5, 0.6) is 5.75 Å². The second-order valence-electron chi connectivity index (χ2n) is 8.17. The van der Waals surface area contributed by atoms with Crippen LogP contribution in [0.25, 0.3) is 15.3 Å². The van der Waals surface area contributed by atoms with E-state index >= 15 is 0 Å². The molecule has 8 heteroatoms. The summed E-state index contributed by atoms with van der Waals surface area (Å²) in [5.74, 6) is -0.371. The number of phenols is 1. The fourth-order valence-electron chi connectivity index (χ4n) is 3.49. The molecule has 4 aromatic rings. The van der Waals surface area contributed by atoms with Crippen molar-refractivity contribution in [3.63, 3.8) is 0 Å². The molecule has 0 bridgehead atoms. The molecule has 4 rings (SSSR count). The Morgan fingerprint density at radius 1 is 1.09 bits per heavy atom. The molecule has 0 fully saturated rings. The number of hydrogen-bond donors (Lipinski definition) is 3. The number of thiazole rings is 1. The molecule has 0 spiro atoms. The molecule has 170 valence electrons. The van der Waals surface area contributed by atoms with E-state index in [0.717, 1.165) is 20.9 Å². The Morgan fingerprint density at radius 2 is 1.82 bits per heavy atom. The first kappa shape index (κ1) is 22.5. The minimum Gasteiger partial charge on any atom is -0.508 e. The molecule has 0 saturated carbocycles. The Balaban J connectivity index is 1.40. The van der Waals surface area contributed by atoms with Crippen LogP contribution < -0.4 is 10.6 Å². The maximum Gasteiger partial charge on any atom is 0.251 e. The summed E-state index contributed by atoms with van der Waals surface area (Å²) in [6.45, 7) is 4.25. The normalized spacial score (nSPS) is 12.1. The third kappa shape index (κ3) is 5.40. The van der Waals surface area contributed by atoms with Crippen LogP contribution in [0.2, 0.25) is 0 Å². The average Bonchev–Trinajstić information content (AvgIpc) is 3.47. The lowest BCUT2D eigenvalue weighted by Gasteiger charge is -2.22. The number of hydrogen-bond acceptors (Lipinski definition) is 5. The zero-order valence-electron chi connectivity index (χ0n) is 18.5. The highest BCUT2D eigenvalue weighted by Crippen LogP contribution is 2.26. The fourth-order valence-corrected chi connectivity index (χ4v) is 4.46. The van der Waals surface area contributed by atoms with E-state index in [1.807, 2.05) is 67.2 Å². The Labute approximate surface area is 196 Å². The molecule has 2 aromatic heterocycles. The van der Waals surface area contributed by atoms with Crippen LogP contribution in [0.3, 0.4) is 0 Å². The van der Waals surface area contributed by atoms with Gasteiger partial charge in [-0.3, -0.25) is 9.59 Å². The van der Waals surface area contributed by atoms with Crippen molar-refractivity contribution < 1.29 is 14.7 Å². The van der Waals surface area contributed by atoms with Crippen LogP contribution in [-0.2, 0) is 11.2 Å². The summed E-state index contributed by atoms with van der Waals surface area (Å²) in [6, 6.07) is 15.5. The highest BCUT2D eigenvalue weighted by atomic mass is 32.1. The molecular weight excluding hydrogens is 436 g/mol.